The molecular formula is C11H15. The molecule has 0 unspecified atom stereocenters. The van der Waals surface area contributed by atoms with E-state index in [1.165, 1.54) is 11.1 Å². The van der Waals surface area contributed by atoms with Crippen molar-refractivity contribution in [2.24, 2.45) is 0 Å². The van der Waals surface area contributed by atoms with Crippen LogP contribution in [-0.4, -0.2) is 0 Å². The Morgan fingerprint density at radius 1 is 1.27 bits per heavy atom. The van der Waals surface area contributed by atoms with Gasteiger partial charge in [0, 0.05) is 0 Å². The second kappa shape index (κ2) is 2.69. The molecule has 11 heavy (non-hydrogen) atoms. The molecule has 0 nitrogen and oxygen atoms in total. The maximum Gasteiger partial charge on any atom is -0.0126 e. The topological polar surface area (TPSA) is 0 Å². The number of rotatable bonds is 0. The highest BCUT2D eigenvalue weighted by molar-refractivity contribution is 5.26. The zero-order chi connectivity index (χ0) is 8.48. The van der Waals surface area contributed by atoms with E-state index < -0.39 is 0 Å². The third-order valence-electron chi connectivity index (χ3n) is 1.77. The van der Waals surface area contributed by atoms with Crippen LogP contribution in [0.15, 0.2) is 18.2 Å². The first-order valence-electron chi connectivity index (χ1n) is 3.99. The lowest BCUT2D eigenvalue weighted by atomic mass is 9.86. The van der Waals surface area contributed by atoms with Crippen molar-refractivity contribution in [2.45, 2.75) is 33.1 Å². The van der Waals surface area contributed by atoms with Crippen LogP contribution in [0.25, 0.3) is 0 Å². The lowest BCUT2D eigenvalue weighted by molar-refractivity contribution is 0.588. The Balaban J connectivity index is 3.06. The Bertz CT molecular complexity index is 240. The Labute approximate surface area is 69.3 Å². The van der Waals surface area contributed by atoms with E-state index in [1.807, 2.05) is 6.07 Å². The van der Waals surface area contributed by atoms with Crippen LogP contribution in [0.3, 0.4) is 0 Å². The van der Waals surface area contributed by atoms with Crippen LogP contribution in [-0.2, 0) is 5.41 Å². The van der Waals surface area contributed by atoms with Crippen molar-refractivity contribution in [2.75, 3.05) is 0 Å². The first kappa shape index (κ1) is 8.32. The third-order valence-corrected chi connectivity index (χ3v) is 1.77. The summed E-state index contributed by atoms with van der Waals surface area (Å²) < 4.78 is 0. The average Bonchev–Trinajstić information content (AvgIpc) is 1.86. The van der Waals surface area contributed by atoms with Gasteiger partial charge in [0.25, 0.3) is 0 Å². The molecule has 0 bridgehead atoms. The van der Waals surface area contributed by atoms with Crippen LogP contribution in [0.4, 0.5) is 0 Å². The van der Waals surface area contributed by atoms with E-state index >= 15 is 0 Å². The SMILES string of the molecule is Cc1cc[c]c(C(C)(C)C)c1. The van der Waals surface area contributed by atoms with Crippen molar-refractivity contribution in [1.29, 1.82) is 0 Å². The van der Waals surface area contributed by atoms with Gasteiger partial charge in [-0.1, -0.05) is 44.5 Å². The largest absolute Gasteiger partial charge is 0.0587 e. The van der Waals surface area contributed by atoms with Gasteiger partial charge in [0.15, 0.2) is 0 Å². The molecule has 0 aliphatic heterocycles. The van der Waals surface area contributed by atoms with E-state index in [0.717, 1.165) is 0 Å². The second-order valence-corrected chi connectivity index (χ2v) is 4.03. The van der Waals surface area contributed by atoms with Gasteiger partial charge in [0.05, 0.1) is 0 Å². The molecule has 0 heterocycles. The van der Waals surface area contributed by atoms with Crippen molar-refractivity contribution in [3.05, 3.63) is 35.4 Å². The fourth-order valence-electron chi connectivity index (χ4n) is 1.01. The van der Waals surface area contributed by atoms with Gasteiger partial charge in [-0.15, -0.1) is 0 Å². The smallest absolute Gasteiger partial charge is 0.0126 e. The molecule has 0 aliphatic rings. The molecule has 0 heteroatoms. The molecule has 59 valence electrons. The van der Waals surface area contributed by atoms with Crippen molar-refractivity contribution < 1.29 is 0 Å². The zero-order valence-corrected chi connectivity index (χ0v) is 7.73. The maximum absolute atomic E-state index is 3.25. The van der Waals surface area contributed by atoms with Crippen molar-refractivity contribution in [3.63, 3.8) is 0 Å². The van der Waals surface area contributed by atoms with Gasteiger partial charge in [0.1, 0.15) is 0 Å². The highest BCUT2D eigenvalue weighted by atomic mass is 14.2. The van der Waals surface area contributed by atoms with E-state index in [9.17, 15) is 0 Å². The van der Waals surface area contributed by atoms with E-state index in [4.69, 9.17) is 0 Å². The molecule has 0 spiro atoms. The normalized spacial score (nSPS) is 11.6. The number of hydrogen-bond acceptors (Lipinski definition) is 0. The van der Waals surface area contributed by atoms with Gasteiger partial charge >= 0.3 is 0 Å². The predicted molar refractivity (Wildman–Crippen MR) is 48.7 cm³/mol. The van der Waals surface area contributed by atoms with Crippen LogP contribution >= 0.6 is 0 Å². The molecule has 1 radical (unpaired) electrons. The molecule has 1 rings (SSSR count). The molecule has 0 N–H and O–H groups in total. The molecule has 0 atom stereocenters. The first-order chi connectivity index (χ1) is 5.00. The summed E-state index contributed by atoms with van der Waals surface area (Å²) in [6, 6.07) is 9.52. The highest BCUT2D eigenvalue weighted by Gasteiger charge is 2.12. The van der Waals surface area contributed by atoms with Gasteiger partial charge in [-0.05, 0) is 24.0 Å². The van der Waals surface area contributed by atoms with Gasteiger partial charge in [-0.2, -0.15) is 0 Å². The Hall–Kier alpha value is -0.780. The van der Waals surface area contributed by atoms with E-state index in [2.05, 4.69) is 45.9 Å². The summed E-state index contributed by atoms with van der Waals surface area (Å²) in [6.07, 6.45) is 0. The summed E-state index contributed by atoms with van der Waals surface area (Å²) in [5.74, 6) is 0. The number of aryl methyl sites for hydroxylation is 1. The quantitative estimate of drug-likeness (QED) is 0.529. The number of hydrogen-bond donors (Lipinski definition) is 0. The minimum Gasteiger partial charge on any atom is -0.0587 e. The minimum absolute atomic E-state index is 0.228. The molecular weight excluding hydrogens is 132 g/mol. The molecule has 0 amide bonds. The molecule has 0 aromatic heterocycles. The lowest BCUT2D eigenvalue weighted by Gasteiger charge is -2.18. The van der Waals surface area contributed by atoms with Crippen LogP contribution in [0.2, 0.25) is 0 Å². The van der Waals surface area contributed by atoms with Crippen LogP contribution in [0.5, 0.6) is 0 Å². The van der Waals surface area contributed by atoms with Crippen molar-refractivity contribution in [3.8, 4) is 0 Å². The maximum atomic E-state index is 3.25. The Morgan fingerprint density at radius 2 is 1.91 bits per heavy atom. The van der Waals surface area contributed by atoms with Gasteiger partial charge < -0.3 is 0 Å². The Morgan fingerprint density at radius 3 is 2.27 bits per heavy atom. The monoisotopic (exact) mass is 147 g/mol. The van der Waals surface area contributed by atoms with Crippen LogP contribution in [0, 0.1) is 13.0 Å². The summed E-state index contributed by atoms with van der Waals surface area (Å²) >= 11 is 0. The average molecular weight is 147 g/mol. The summed E-state index contributed by atoms with van der Waals surface area (Å²) in [5, 5.41) is 0. The van der Waals surface area contributed by atoms with Crippen LogP contribution in [0.1, 0.15) is 31.9 Å². The minimum atomic E-state index is 0.228. The lowest BCUT2D eigenvalue weighted by Crippen LogP contribution is -2.10. The Kier molecular flexibility index (Phi) is 2.03. The second-order valence-electron chi connectivity index (χ2n) is 4.03. The fraction of sp³-hybridized carbons (Fsp3) is 0.455. The first-order valence-corrected chi connectivity index (χ1v) is 3.99. The molecule has 0 aliphatic carbocycles. The third kappa shape index (κ3) is 2.07. The fourth-order valence-corrected chi connectivity index (χ4v) is 1.01. The standard InChI is InChI=1S/C11H15/c1-9-6-5-7-10(8-9)11(2,3)4/h5-6,8H,1-4H3. The van der Waals surface area contributed by atoms with Gasteiger partial charge in [-0.25, -0.2) is 0 Å². The zero-order valence-electron chi connectivity index (χ0n) is 7.73. The van der Waals surface area contributed by atoms with E-state index in [1.54, 1.807) is 0 Å². The molecule has 1 aromatic carbocycles. The summed E-state index contributed by atoms with van der Waals surface area (Å²) in [4.78, 5) is 0. The predicted octanol–water partition coefficient (Wildman–Crippen LogP) is 3.09. The molecule has 0 saturated carbocycles. The summed E-state index contributed by atoms with van der Waals surface area (Å²) in [7, 11) is 0. The number of benzene rings is 1. The van der Waals surface area contributed by atoms with Gasteiger partial charge in [0.2, 0.25) is 0 Å². The van der Waals surface area contributed by atoms with Crippen molar-refractivity contribution >= 4 is 0 Å². The molecule has 0 saturated heterocycles. The van der Waals surface area contributed by atoms with Gasteiger partial charge in [-0.3, -0.25) is 0 Å². The van der Waals surface area contributed by atoms with E-state index in [-0.39, 0.29) is 5.41 Å². The summed E-state index contributed by atoms with van der Waals surface area (Å²) in [5.41, 5.74) is 2.83. The van der Waals surface area contributed by atoms with Crippen molar-refractivity contribution in [1.82, 2.24) is 0 Å². The summed E-state index contributed by atoms with van der Waals surface area (Å²) in [6.45, 7) is 8.73. The molecule has 0 fully saturated rings. The molecule has 1 aromatic rings. The highest BCUT2D eigenvalue weighted by Crippen LogP contribution is 2.21. The van der Waals surface area contributed by atoms with E-state index in [0.29, 0.717) is 0 Å². The van der Waals surface area contributed by atoms with Crippen LogP contribution < -0.4 is 0 Å².